The molecule has 2 aromatic rings. The maximum atomic E-state index is 12.6. The zero-order valence-electron chi connectivity index (χ0n) is 16.1. The summed E-state index contributed by atoms with van der Waals surface area (Å²) in [6, 6.07) is 8.50. The normalized spacial score (nSPS) is 14.8. The van der Waals surface area contributed by atoms with Gasteiger partial charge in [-0.3, -0.25) is 4.90 Å². The van der Waals surface area contributed by atoms with Gasteiger partial charge in [-0.25, -0.2) is 9.98 Å². The van der Waals surface area contributed by atoms with Gasteiger partial charge in [0, 0.05) is 38.1 Å². The van der Waals surface area contributed by atoms with Crippen LogP contribution in [0.3, 0.4) is 0 Å². The summed E-state index contributed by atoms with van der Waals surface area (Å²) in [5, 5.41) is 7.74. The summed E-state index contributed by atoms with van der Waals surface area (Å²) in [6.07, 6.45) is -3.36. The van der Waals surface area contributed by atoms with Crippen LogP contribution in [0.25, 0.3) is 0 Å². The third-order valence-electron chi connectivity index (χ3n) is 4.49. The van der Waals surface area contributed by atoms with Gasteiger partial charge in [-0.15, -0.1) is 35.3 Å². The highest BCUT2D eigenvalue weighted by Crippen LogP contribution is 2.30. The summed E-state index contributed by atoms with van der Waals surface area (Å²) >= 11 is 0.975. The Kier molecular flexibility index (Phi) is 9.15. The van der Waals surface area contributed by atoms with Crippen LogP contribution in [0, 0.1) is 0 Å². The molecule has 29 heavy (non-hydrogen) atoms. The van der Waals surface area contributed by atoms with Crippen molar-refractivity contribution in [2.24, 2.45) is 4.99 Å². The van der Waals surface area contributed by atoms with Gasteiger partial charge < -0.3 is 10.6 Å². The number of nitrogens with zero attached hydrogens (tertiary/aromatic N) is 3. The third kappa shape index (κ3) is 7.10. The number of rotatable bonds is 6. The lowest BCUT2D eigenvalue weighted by Gasteiger charge is -2.28. The zero-order valence-corrected chi connectivity index (χ0v) is 19.3. The molecule has 1 aromatic heterocycles. The number of aliphatic imine (C=N–C) groups is 1. The second-order valence-electron chi connectivity index (χ2n) is 6.54. The van der Waals surface area contributed by atoms with E-state index in [2.05, 4.69) is 49.8 Å². The Labute approximate surface area is 189 Å². The van der Waals surface area contributed by atoms with Crippen LogP contribution < -0.4 is 10.6 Å². The minimum absolute atomic E-state index is 0. The minimum Gasteiger partial charge on any atom is -0.357 e. The summed E-state index contributed by atoms with van der Waals surface area (Å²) in [4.78, 5) is 10.3. The van der Waals surface area contributed by atoms with Crippen molar-refractivity contribution in [3.05, 3.63) is 51.5 Å². The molecular formula is C19H25F3IN5S. The molecule has 3 rings (SSSR count). The Morgan fingerprint density at radius 2 is 2.00 bits per heavy atom. The number of thiazole rings is 1. The summed E-state index contributed by atoms with van der Waals surface area (Å²) in [5.74, 6) is 0.587. The number of benzene rings is 1. The fraction of sp³-hybridized carbons (Fsp3) is 0.474. The van der Waals surface area contributed by atoms with E-state index < -0.39 is 11.9 Å². The van der Waals surface area contributed by atoms with Crippen molar-refractivity contribution in [2.45, 2.75) is 32.6 Å². The summed E-state index contributed by atoms with van der Waals surface area (Å²) in [6.45, 7) is 6.27. The quantitative estimate of drug-likeness (QED) is 0.333. The van der Waals surface area contributed by atoms with E-state index in [1.807, 2.05) is 6.92 Å². The molecule has 5 nitrogen and oxygen atoms in total. The van der Waals surface area contributed by atoms with Crippen LogP contribution in [0.4, 0.5) is 13.2 Å². The van der Waals surface area contributed by atoms with Crippen LogP contribution in [-0.2, 0) is 25.7 Å². The van der Waals surface area contributed by atoms with Gasteiger partial charge in [0.15, 0.2) is 11.7 Å². The second kappa shape index (κ2) is 11.1. The number of aromatic nitrogens is 1. The highest BCUT2D eigenvalue weighted by molar-refractivity contribution is 14.0. The van der Waals surface area contributed by atoms with Gasteiger partial charge in [-0.2, -0.15) is 13.2 Å². The number of halogens is 4. The van der Waals surface area contributed by atoms with Crippen molar-refractivity contribution in [3.8, 4) is 0 Å². The Balaban J connectivity index is 0.00000300. The molecule has 0 saturated heterocycles. The SMILES string of the molecule is CCNC(=NCc1nc(C(F)(F)F)cs1)NCCN1CCc2ccccc2C1.I. The van der Waals surface area contributed by atoms with E-state index in [1.54, 1.807) is 0 Å². The molecule has 0 aliphatic carbocycles. The van der Waals surface area contributed by atoms with E-state index in [1.165, 1.54) is 11.1 Å². The van der Waals surface area contributed by atoms with Gasteiger partial charge in [0.05, 0.1) is 6.54 Å². The molecule has 160 valence electrons. The lowest BCUT2D eigenvalue weighted by Crippen LogP contribution is -2.42. The fourth-order valence-corrected chi connectivity index (χ4v) is 3.80. The number of hydrogen-bond acceptors (Lipinski definition) is 4. The standard InChI is InChI=1S/C19H24F3N5S.HI/c1-2-23-18(25-11-17-26-16(13-28-17)19(20,21)22)24-8-10-27-9-7-14-5-3-4-6-15(14)12-27;/h3-6,13H,2,7-12H2,1H3,(H2,23,24,25);1H. The summed E-state index contributed by atoms with van der Waals surface area (Å²) in [5.41, 5.74) is 1.94. The van der Waals surface area contributed by atoms with Gasteiger partial charge in [-0.1, -0.05) is 24.3 Å². The molecule has 0 radical (unpaired) electrons. The molecule has 0 atom stereocenters. The topological polar surface area (TPSA) is 52.6 Å². The first-order valence-electron chi connectivity index (χ1n) is 9.28. The van der Waals surface area contributed by atoms with Crippen molar-refractivity contribution in [3.63, 3.8) is 0 Å². The number of fused-ring (bicyclic) bond motifs is 1. The van der Waals surface area contributed by atoms with Crippen molar-refractivity contribution < 1.29 is 13.2 Å². The predicted octanol–water partition coefficient (Wildman–Crippen LogP) is 3.89. The van der Waals surface area contributed by atoms with Crippen LogP contribution >= 0.6 is 35.3 Å². The Morgan fingerprint density at radius 3 is 2.69 bits per heavy atom. The largest absolute Gasteiger partial charge is 0.434 e. The van der Waals surface area contributed by atoms with E-state index in [0.717, 1.165) is 42.8 Å². The monoisotopic (exact) mass is 539 g/mol. The van der Waals surface area contributed by atoms with E-state index >= 15 is 0 Å². The summed E-state index contributed by atoms with van der Waals surface area (Å²) < 4.78 is 37.9. The van der Waals surface area contributed by atoms with Gasteiger partial charge in [0.1, 0.15) is 5.01 Å². The van der Waals surface area contributed by atoms with Crippen molar-refractivity contribution in [2.75, 3.05) is 26.2 Å². The molecule has 10 heteroatoms. The average Bonchev–Trinajstić information content (AvgIpc) is 3.15. The smallest absolute Gasteiger partial charge is 0.357 e. The minimum atomic E-state index is -4.41. The van der Waals surface area contributed by atoms with Crippen LogP contribution in [0.5, 0.6) is 0 Å². The van der Waals surface area contributed by atoms with Gasteiger partial charge >= 0.3 is 6.18 Å². The Morgan fingerprint density at radius 1 is 1.24 bits per heavy atom. The molecule has 2 heterocycles. The number of alkyl halides is 3. The van der Waals surface area contributed by atoms with Crippen molar-refractivity contribution in [1.82, 2.24) is 20.5 Å². The van der Waals surface area contributed by atoms with Gasteiger partial charge in [0.2, 0.25) is 0 Å². The van der Waals surface area contributed by atoms with Crippen molar-refractivity contribution >= 4 is 41.3 Å². The van der Waals surface area contributed by atoms with Crippen LogP contribution in [-0.4, -0.2) is 42.0 Å². The van der Waals surface area contributed by atoms with E-state index in [-0.39, 0.29) is 30.5 Å². The molecule has 1 aromatic carbocycles. The maximum absolute atomic E-state index is 12.6. The fourth-order valence-electron chi connectivity index (χ4n) is 3.08. The molecule has 0 unspecified atom stereocenters. The molecule has 1 aliphatic rings. The highest BCUT2D eigenvalue weighted by Gasteiger charge is 2.33. The molecule has 0 fully saturated rings. The van der Waals surface area contributed by atoms with E-state index in [0.29, 0.717) is 24.1 Å². The molecule has 0 amide bonds. The molecule has 1 aliphatic heterocycles. The highest BCUT2D eigenvalue weighted by atomic mass is 127. The zero-order chi connectivity index (χ0) is 20.0. The van der Waals surface area contributed by atoms with Crippen LogP contribution in [0.15, 0.2) is 34.6 Å². The molecule has 2 N–H and O–H groups in total. The van der Waals surface area contributed by atoms with E-state index in [9.17, 15) is 13.2 Å². The van der Waals surface area contributed by atoms with Crippen molar-refractivity contribution in [1.29, 1.82) is 0 Å². The second-order valence-corrected chi connectivity index (χ2v) is 7.48. The lowest BCUT2D eigenvalue weighted by atomic mass is 10.00. The molecule has 0 saturated carbocycles. The first kappa shape index (κ1) is 23.9. The summed E-state index contributed by atoms with van der Waals surface area (Å²) in [7, 11) is 0. The Bertz CT molecular complexity index is 809. The number of nitrogens with one attached hydrogen (secondary N) is 2. The first-order chi connectivity index (χ1) is 13.5. The molecular weight excluding hydrogens is 514 g/mol. The third-order valence-corrected chi connectivity index (χ3v) is 5.32. The molecule has 0 bridgehead atoms. The first-order valence-corrected chi connectivity index (χ1v) is 10.2. The maximum Gasteiger partial charge on any atom is 0.434 e. The van der Waals surface area contributed by atoms with E-state index in [4.69, 9.17) is 0 Å². The predicted molar refractivity (Wildman–Crippen MR) is 121 cm³/mol. The van der Waals surface area contributed by atoms with Gasteiger partial charge in [0.25, 0.3) is 0 Å². The van der Waals surface area contributed by atoms with Crippen LogP contribution in [0.2, 0.25) is 0 Å². The lowest BCUT2D eigenvalue weighted by molar-refractivity contribution is -0.140. The Hall–Kier alpha value is -1.40. The molecule has 0 spiro atoms. The average molecular weight is 539 g/mol. The van der Waals surface area contributed by atoms with Gasteiger partial charge in [-0.05, 0) is 24.5 Å². The number of hydrogen-bond donors (Lipinski definition) is 2. The number of guanidine groups is 1. The van der Waals surface area contributed by atoms with Crippen LogP contribution in [0.1, 0.15) is 28.8 Å².